The van der Waals surface area contributed by atoms with Gasteiger partial charge >= 0.3 is 0 Å². The quantitative estimate of drug-likeness (QED) is 0.763. The average molecular weight is 258 g/mol. The maximum absolute atomic E-state index is 5.93. The Labute approximate surface area is 108 Å². The molecular weight excluding hydrogens is 238 g/mol. The number of ether oxygens (including phenoxy) is 2. The van der Waals surface area contributed by atoms with Crippen LogP contribution in [0, 0.1) is 0 Å². The zero-order valence-corrected chi connectivity index (χ0v) is 11.2. The van der Waals surface area contributed by atoms with E-state index >= 15 is 0 Å². The molecule has 96 valence electrons. The van der Waals surface area contributed by atoms with E-state index in [2.05, 4.69) is 0 Å². The maximum atomic E-state index is 5.93. The minimum atomic E-state index is -0.0874. The van der Waals surface area contributed by atoms with Crippen molar-refractivity contribution < 1.29 is 9.47 Å². The van der Waals surface area contributed by atoms with Crippen LogP contribution < -0.4 is 10.5 Å². The molecule has 1 aromatic carbocycles. The highest BCUT2D eigenvalue weighted by molar-refractivity contribution is 6.30. The molecule has 0 aliphatic rings. The third-order valence-electron chi connectivity index (χ3n) is 2.36. The van der Waals surface area contributed by atoms with E-state index in [9.17, 15) is 0 Å². The standard InChI is InChI=1S/C13H20ClNO2/c1-3-16-7-4-8-17-13-6-5-11(14)9-12(13)10(2)15/h5-6,9-10H,3-4,7-8,15H2,1-2H3/t10-/m0/s1. The molecule has 1 rings (SSSR count). The summed E-state index contributed by atoms with van der Waals surface area (Å²) in [6.07, 6.45) is 0.870. The predicted molar refractivity (Wildman–Crippen MR) is 70.7 cm³/mol. The topological polar surface area (TPSA) is 44.5 Å². The highest BCUT2D eigenvalue weighted by atomic mass is 35.5. The molecule has 0 amide bonds. The smallest absolute Gasteiger partial charge is 0.124 e. The van der Waals surface area contributed by atoms with Gasteiger partial charge in [-0.05, 0) is 32.0 Å². The fraction of sp³-hybridized carbons (Fsp3) is 0.538. The van der Waals surface area contributed by atoms with E-state index in [1.165, 1.54) is 0 Å². The van der Waals surface area contributed by atoms with Crippen molar-refractivity contribution in [3.8, 4) is 5.75 Å². The maximum Gasteiger partial charge on any atom is 0.124 e. The van der Waals surface area contributed by atoms with E-state index in [0.717, 1.165) is 30.9 Å². The van der Waals surface area contributed by atoms with Crippen molar-refractivity contribution in [2.45, 2.75) is 26.3 Å². The fourth-order valence-corrected chi connectivity index (χ4v) is 1.67. The molecule has 0 aliphatic heterocycles. The molecule has 0 heterocycles. The Morgan fingerprint density at radius 3 is 2.76 bits per heavy atom. The molecule has 1 aromatic rings. The molecule has 1 atom stereocenters. The summed E-state index contributed by atoms with van der Waals surface area (Å²) < 4.78 is 10.9. The summed E-state index contributed by atoms with van der Waals surface area (Å²) in [6.45, 7) is 5.98. The molecule has 0 bridgehead atoms. The lowest BCUT2D eigenvalue weighted by Gasteiger charge is -2.14. The Morgan fingerprint density at radius 2 is 2.12 bits per heavy atom. The number of benzene rings is 1. The molecule has 0 unspecified atom stereocenters. The Balaban J connectivity index is 2.52. The van der Waals surface area contributed by atoms with Crippen LogP contribution in [0.15, 0.2) is 18.2 Å². The summed E-state index contributed by atoms with van der Waals surface area (Å²) in [6, 6.07) is 5.44. The van der Waals surface area contributed by atoms with Crippen molar-refractivity contribution in [2.24, 2.45) is 5.73 Å². The van der Waals surface area contributed by atoms with Gasteiger partial charge in [-0.15, -0.1) is 0 Å². The monoisotopic (exact) mass is 257 g/mol. The van der Waals surface area contributed by atoms with Crippen LogP contribution in [0.4, 0.5) is 0 Å². The van der Waals surface area contributed by atoms with Gasteiger partial charge in [-0.25, -0.2) is 0 Å². The highest BCUT2D eigenvalue weighted by Gasteiger charge is 2.08. The number of hydrogen-bond acceptors (Lipinski definition) is 3. The van der Waals surface area contributed by atoms with Gasteiger partial charge in [-0.3, -0.25) is 0 Å². The molecule has 0 aliphatic carbocycles. The van der Waals surface area contributed by atoms with Crippen LogP contribution in [0.25, 0.3) is 0 Å². The van der Waals surface area contributed by atoms with Crippen molar-refractivity contribution in [3.63, 3.8) is 0 Å². The first kappa shape index (κ1) is 14.3. The second-order valence-electron chi connectivity index (χ2n) is 3.87. The van der Waals surface area contributed by atoms with Gasteiger partial charge in [0.05, 0.1) is 6.61 Å². The lowest BCUT2D eigenvalue weighted by molar-refractivity contribution is 0.130. The summed E-state index contributed by atoms with van der Waals surface area (Å²) in [5.74, 6) is 0.806. The number of nitrogens with two attached hydrogens (primary N) is 1. The van der Waals surface area contributed by atoms with E-state index in [0.29, 0.717) is 11.6 Å². The second kappa shape index (κ2) is 7.54. The number of rotatable bonds is 7. The molecule has 4 heteroatoms. The third-order valence-corrected chi connectivity index (χ3v) is 2.59. The lowest BCUT2D eigenvalue weighted by atomic mass is 10.1. The fourth-order valence-electron chi connectivity index (χ4n) is 1.49. The van der Waals surface area contributed by atoms with Crippen LogP contribution in [-0.4, -0.2) is 19.8 Å². The van der Waals surface area contributed by atoms with Gasteiger partial charge in [0.1, 0.15) is 5.75 Å². The van der Waals surface area contributed by atoms with Gasteiger partial charge in [-0.2, -0.15) is 0 Å². The van der Waals surface area contributed by atoms with Crippen molar-refractivity contribution in [1.82, 2.24) is 0 Å². The second-order valence-corrected chi connectivity index (χ2v) is 4.31. The Kier molecular flexibility index (Phi) is 6.34. The van der Waals surface area contributed by atoms with Crippen molar-refractivity contribution >= 4 is 11.6 Å². The normalized spacial score (nSPS) is 12.5. The summed E-state index contributed by atoms with van der Waals surface area (Å²) >= 11 is 5.93. The molecule has 0 saturated carbocycles. The van der Waals surface area contributed by atoms with Gasteiger partial charge in [0.15, 0.2) is 0 Å². The SMILES string of the molecule is CCOCCCOc1ccc(Cl)cc1[C@H](C)N. The van der Waals surface area contributed by atoms with Crippen LogP contribution in [0.5, 0.6) is 5.75 Å². The molecule has 3 nitrogen and oxygen atoms in total. The van der Waals surface area contributed by atoms with Crippen LogP contribution in [-0.2, 0) is 4.74 Å². The van der Waals surface area contributed by atoms with Crippen LogP contribution in [0.3, 0.4) is 0 Å². The number of halogens is 1. The predicted octanol–water partition coefficient (Wildman–Crippen LogP) is 3.17. The molecule has 0 fully saturated rings. The minimum Gasteiger partial charge on any atom is -0.493 e. The van der Waals surface area contributed by atoms with Gasteiger partial charge in [0, 0.05) is 36.3 Å². The van der Waals surface area contributed by atoms with Gasteiger partial charge < -0.3 is 15.2 Å². The summed E-state index contributed by atoms with van der Waals surface area (Å²) in [7, 11) is 0. The minimum absolute atomic E-state index is 0.0874. The van der Waals surface area contributed by atoms with Gasteiger partial charge in [-0.1, -0.05) is 11.6 Å². The van der Waals surface area contributed by atoms with Crippen LogP contribution in [0.2, 0.25) is 5.02 Å². The molecule has 0 aromatic heterocycles. The largest absolute Gasteiger partial charge is 0.493 e. The van der Waals surface area contributed by atoms with E-state index in [1.807, 2.05) is 32.0 Å². The molecular formula is C13H20ClNO2. The average Bonchev–Trinajstić information content (AvgIpc) is 2.30. The molecule has 0 spiro atoms. The van der Waals surface area contributed by atoms with Crippen molar-refractivity contribution in [1.29, 1.82) is 0 Å². The molecule has 17 heavy (non-hydrogen) atoms. The first-order chi connectivity index (χ1) is 8.15. The Hall–Kier alpha value is -0.770. The number of hydrogen-bond donors (Lipinski definition) is 1. The van der Waals surface area contributed by atoms with Gasteiger partial charge in [0.2, 0.25) is 0 Å². The first-order valence-corrected chi connectivity index (χ1v) is 6.28. The van der Waals surface area contributed by atoms with E-state index in [4.69, 9.17) is 26.8 Å². The van der Waals surface area contributed by atoms with E-state index in [1.54, 1.807) is 0 Å². The van der Waals surface area contributed by atoms with Crippen LogP contribution >= 0.6 is 11.6 Å². The Morgan fingerprint density at radius 1 is 1.35 bits per heavy atom. The molecule has 2 N–H and O–H groups in total. The molecule has 0 saturated heterocycles. The molecule has 0 radical (unpaired) electrons. The van der Waals surface area contributed by atoms with Crippen molar-refractivity contribution in [3.05, 3.63) is 28.8 Å². The van der Waals surface area contributed by atoms with E-state index < -0.39 is 0 Å². The summed E-state index contributed by atoms with van der Waals surface area (Å²) in [5, 5.41) is 0.680. The zero-order valence-electron chi connectivity index (χ0n) is 10.4. The van der Waals surface area contributed by atoms with Gasteiger partial charge in [0.25, 0.3) is 0 Å². The van der Waals surface area contributed by atoms with Crippen molar-refractivity contribution in [2.75, 3.05) is 19.8 Å². The van der Waals surface area contributed by atoms with E-state index in [-0.39, 0.29) is 6.04 Å². The third kappa shape index (κ3) is 4.94. The first-order valence-electron chi connectivity index (χ1n) is 5.90. The lowest BCUT2D eigenvalue weighted by Crippen LogP contribution is -2.09. The zero-order chi connectivity index (χ0) is 12.7. The highest BCUT2D eigenvalue weighted by Crippen LogP contribution is 2.27. The summed E-state index contributed by atoms with van der Waals surface area (Å²) in [4.78, 5) is 0. The van der Waals surface area contributed by atoms with Crippen LogP contribution in [0.1, 0.15) is 31.9 Å². The summed E-state index contributed by atoms with van der Waals surface area (Å²) in [5.41, 5.74) is 6.81. The Bertz CT molecular complexity index is 342.